The lowest BCUT2D eigenvalue weighted by Gasteiger charge is -2.47. The van der Waals surface area contributed by atoms with Crippen LogP contribution in [0, 0.1) is 30.5 Å². The monoisotopic (exact) mass is 415 g/mol. The Labute approximate surface area is 180 Å². The van der Waals surface area contributed by atoms with Gasteiger partial charge in [0, 0.05) is 28.6 Å². The second-order valence-electron chi connectivity index (χ2n) is 9.32. The third-order valence-electron chi connectivity index (χ3n) is 7.60. The number of para-hydroxylation sites is 1. The maximum Gasteiger partial charge on any atom is 0.164 e. The van der Waals surface area contributed by atoms with E-state index in [0.717, 1.165) is 33.8 Å². The van der Waals surface area contributed by atoms with Gasteiger partial charge in [0.2, 0.25) is 0 Å². The van der Waals surface area contributed by atoms with E-state index in [1.165, 1.54) is 37.9 Å². The predicted molar refractivity (Wildman–Crippen MR) is 121 cm³/mol. The van der Waals surface area contributed by atoms with E-state index < -0.39 is 0 Å². The van der Waals surface area contributed by atoms with Crippen LogP contribution in [-0.2, 0) is 0 Å². The fraction of sp³-hybridized carbons (Fsp3) is 0.400. The molecular formula is C25H26FN5. The summed E-state index contributed by atoms with van der Waals surface area (Å²) in [4.78, 5) is 17.2. The number of H-pyrrole nitrogens is 1. The van der Waals surface area contributed by atoms with E-state index >= 15 is 0 Å². The summed E-state index contributed by atoms with van der Waals surface area (Å²) in [5.74, 6) is 3.25. The summed E-state index contributed by atoms with van der Waals surface area (Å²) in [6.45, 7) is 4.46. The lowest BCUT2D eigenvalue weighted by Crippen LogP contribution is -2.47. The minimum atomic E-state index is -0.365. The molecule has 5 nitrogen and oxygen atoms in total. The van der Waals surface area contributed by atoms with Crippen molar-refractivity contribution in [1.29, 1.82) is 0 Å². The maximum absolute atomic E-state index is 13.9. The number of aromatic amines is 1. The zero-order chi connectivity index (χ0) is 21.1. The molecule has 3 fully saturated rings. The molecule has 0 aliphatic heterocycles. The van der Waals surface area contributed by atoms with E-state index in [4.69, 9.17) is 9.97 Å². The number of pyridine rings is 1. The molecule has 3 saturated carbocycles. The Balaban J connectivity index is 1.51. The second kappa shape index (κ2) is 7.01. The number of benzene rings is 1. The van der Waals surface area contributed by atoms with Gasteiger partial charge in [0.25, 0.3) is 0 Å². The highest BCUT2D eigenvalue weighted by Crippen LogP contribution is 2.46. The zero-order valence-corrected chi connectivity index (χ0v) is 17.8. The van der Waals surface area contributed by atoms with Crippen LogP contribution in [0.5, 0.6) is 0 Å². The molecule has 3 aliphatic rings. The SMILES string of the molecule is Cc1cccc2c(NC3C4CCC(CC4)C3C)nc(-c3c[nH]c4ncc(F)cc34)nc12. The number of aromatic nitrogens is 4. The Morgan fingerprint density at radius 3 is 2.68 bits per heavy atom. The average Bonchev–Trinajstić information content (AvgIpc) is 3.20. The molecule has 1 aromatic carbocycles. The van der Waals surface area contributed by atoms with E-state index in [1.807, 2.05) is 6.20 Å². The van der Waals surface area contributed by atoms with Crippen LogP contribution in [0.25, 0.3) is 33.3 Å². The third kappa shape index (κ3) is 2.99. The minimum absolute atomic E-state index is 0.365. The number of anilines is 1. The number of hydrogen-bond acceptors (Lipinski definition) is 4. The Kier molecular flexibility index (Phi) is 4.23. The molecule has 2 N–H and O–H groups in total. The molecule has 0 saturated heterocycles. The van der Waals surface area contributed by atoms with Crippen LogP contribution in [0.4, 0.5) is 10.2 Å². The molecule has 31 heavy (non-hydrogen) atoms. The van der Waals surface area contributed by atoms with Crippen molar-refractivity contribution in [2.75, 3.05) is 5.32 Å². The van der Waals surface area contributed by atoms with E-state index in [1.54, 1.807) is 0 Å². The average molecular weight is 416 g/mol. The van der Waals surface area contributed by atoms with E-state index in [-0.39, 0.29) is 5.82 Å². The summed E-state index contributed by atoms with van der Waals surface area (Å²) >= 11 is 0. The van der Waals surface area contributed by atoms with E-state index in [9.17, 15) is 4.39 Å². The number of nitrogens with zero attached hydrogens (tertiary/aromatic N) is 3. The summed E-state index contributed by atoms with van der Waals surface area (Å²) in [5.41, 5.74) is 3.44. The van der Waals surface area contributed by atoms with Crippen LogP contribution in [0.15, 0.2) is 36.7 Å². The predicted octanol–water partition coefficient (Wildman–Crippen LogP) is 5.86. The fourth-order valence-electron chi connectivity index (χ4n) is 5.85. The molecule has 7 rings (SSSR count). The highest BCUT2D eigenvalue weighted by atomic mass is 19.1. The van der Waals surface area contributed by atoms with Gasteiger partial charge in [0.15, 0.2) is 5.82 Å². The summed E-state index contributed by atoms with van der Waals surface area (Å²) in [7, 11) is 0. The van der Waals surface area contributed by atoms with Crippen molar-refractivity contribution in [2.24, 2.45) is 17.8 Å². The summed E-state index contributed by atoms with van der Waals surface area (Å²) in [5, 5.41) is 5.58. The number of nitrogens with one attached hydrogen (secondary N) is 2. The van der Waals surface area contributed by atoms with Crippen LogP contribution in [0.3, 0.4) is 0 Å². The number of halogens is 1. The van der Waals surface area contributed by atoms with Crippen LogP contribution in [0.1, 0.15) is 38.2 Å². The fourth-order valence-corrected chi connectivity index (χ4v) is 5.85. The summed E-state index contributed by atoms with van der Waals surface area (Å²) in [6, 6.07) is 8.16. The largest absolute Gasteiger partial charge is 0.366 e. The number of rotatable bonds is 3. The first-order valence-corrected chi connectivity index (χ1v) is 11.3. The molecule has 0 amide bonds. The van der Waals surface area contributed by atoms with Crippen molar-refractivity contribution < 1.29 is 4.39 Å². The Morgan fingerprint density at radius 2 is 1.87 bits per heavy atom. The van der Waals surface area contributed by atoms with Gasteiger partial charge in [-0.1, -0.05) is 19.1 Å². The summed E-state index contributed by atoms with van der Waals surface area (Å²) < 4.78 is 13.9. The lowest BCUT2D eigenvalue weighted by atomic mass is 9.62. The first kappa shape index (κ1) is 18.7. The van der Waals surface area contributed by atoms with Crippen molar-refractivity contribution >= 4 is 27.8 Å². The minimum Gasteiger partial charge on any atom is -0.366 e. The van der Waals surface area contributed by atoms with Gasteiger partial charge >= 0.3 is 0 Å². The van der Waals surface area contributed by atoms with Crippen molar-refractivity contribution in [2.45, 2.75) is 45.6 Å². The van der Waals surface area contributed by atoms with Crippen LogP contribution < -0.4 is 5.32 Å². The molecule has 2 unspecified atom stereocenters. The number of aryl methyl sites for hydroxylation is 1. The molecule has 2 bridgehead atoms. The Morgan fingerprint density at radius 1 is 1.06 bits per heavy atom. The normalized spacial score (nSPS) is 25.4. The first-order valence-electron chi connectivity index (χ1n) is 11.3. The van der Waals surface area contributed by atoms with Gasteiger partial charge < -0.3 is 10.3 Å². The van der Waals surface area contributed by atoms with Crippen LogP contribution in [0.2, 0.25) is 0 Å². The zero-order valence-electron chi connectivity index (χ0n) is 17.8. The van der Waals surface area contributed by atoms with Gasteiger partial charge in [-0.3, -0.25) is 0 Å². The molecule has 3 heterocycles. The van der Waals surface area contributed by atoms with Crippen molar-refractivity contribution in [3.63, 3.8) is 0 Å². The first-order chi connectivity index (χ1) is 15.1. The van der Waals surface area contributed by atoms with Gasteiger partial charge in [-0.15, -0.1) is 0 Å². The second-order valence-corrected chi connectivity index (χ2v) is 9.32. The molecule has 6 heteroatoms. The van der Waals surface area contributed by atoms with E-state index in [2.05, 4.69) is 47.3 Å². The third-order valence-corrected chi connectivity index (χ3v) is 7.60. The number of fused-ring (bicyclic) bond motifs is 5. The maximum atomic E-state index is 13.9. The Hall–Kier alpha value is -3.02. The van der Waals surface area contributed by atoms with Crippen molar-refractivity contribution in [3.05, 3.63) is 48.0 Å². The van der Waals surface area contributed by atoms with Gasteiger partial charge in [-0.05, 0) is 68.1 Å². The molecule has 3 aliphatic carbocycles. The molecule has 3 aromatic heterocycles. The van der Waals surface area contributed by atoms with Crippen molar-refractivity contribution in [3.8, 4) is 11.4 Å². The highest BCUT2D eigenvalue weighted by Gasteiger charge is 2.41. The molecule has 0 spiro atoms. The van der Waals surface area contributed by atoms with Gasteiger partial charge in [-0.2, -0.15) is 0 Å². The van der Waals surface area contributed by atoms with Gasteiger partial charge in [-0.25, -0.2) is 19.3 Å². The molecule has 4 aromatic rings. The summed E-state index contributed by atoms with van der Waals surface area (Å²) in [6.07, 6.45) is 8.36. The lowest BCUT2D eigenvalue weighted by molar-refractivity contribution is 0.0929. The quantitative estimate of drug-likeness (QED) is 0.440. The molecule has 2 atom stereocenters. The van der Waals surface area contributed by atoms with E-state index in [0.29, 0.717) is 34.7 Å². The van der Waals surface area contributed by atoms with Crippen LogP contribution >= 0.6 is 0 Å². The Bertz CT molecular complexity index is 1290. The topological polar surface area (TPSA) is 66.5 Å². The molecule has 0 radical (unpaired) electrons. The highest BCUT2D eigenvalue weighted by molar-refractivity contribution is 5.96. The van der Waals surface area contributed by atoms with Gasteiger partial charge in [0.1, 0.15) is 17.3 Å². The van der Waals surface area contributed by atoms with Crippen LogP contribution in [-0.4, -0.2) is 26.0 Å². The molecule has 158 valence electrons. The standard InChI is InChI=1S/C25H26FN5/c1-13-4-3-5-18-21(13)29-25(20-12-28-23-19(20)10-17(26)11-27-23)31-24(18)30-22-14(2)15-6-8-16(22)9-7-15/h3-5,10-12,14-16,22H,6-9H2,1-2H3,(H,27,28)(H,29,30,31). The smallest absolute Gasteiger partial charge is 0.164 e. The van der Waals surface area contributed by atoms with Crippen molar-refractivity contribution in [1.82, 2.24) is 19.9 Å². The van der Waals surface area contributed by atoms with Gasteiger partial charge in [0.05, 0.1) is 11.7 Å². The number of hydrogen-bond donors (Lipinski definition) is 2. The molecular weight excluding hydrogens is 389 g/mol.